The summed E-state index contributed by atoms with van der Waals surface area (Å²) >= 11 is 11.7. The van der Waals surface area contributed by atoms with Crippen LogP contribution in [0.5, 0.6) is 0 Å². The lowest BCUT2D eigenvalue weighted by Crippen LogP contribution is -2.19. The zero-order valence-electron chi connectivity index (χ0n) is 15.5. The summed E-state index contributed by atoms with van der Waals surface area (Å²) in [6, 6.07) is 14.5. The number of urea groups is 1. The first-order valence-electron chi connectivity index (χ1n) is 8.54. The molecule has 2 amide bonds. The van der Waals surface area contributed by atoms with Gasteiger partial charge in [0.25, 0.3) is 15.7 Å². The van der Waals surface area contributed by atoms with Gasteiger partial charge in [-0.25, -0.2) is 13.2 Å². The van der Waals surface area contributed by atoms with Gasteiger partial charge in [0, 0.05) is 23.5 Å². The Balaban J connectivity index is 1.64. The second-order valence-electron chi connectivity index (χ2n) is 6.14. The van der Waals surface area contributed by atoms with Gasteiger partial charge in [-0.05, 0) is 54.6 Å². The lowest BCUT2D eigenvalue weighted by atomic mass is 10.3. The molecule has 0 aliphatic carbocycles. The predicted molar refractivity (Wildman–Crippen MR) is 119 cm³/mol. The molecule has 0 aliphatic heterocycles. The fourth-order valence-corrected chi connectivity index (χ4v) is 3.80. The molecule has 0 fully saturated rings. The summed E-state index contributed by atoms with van der Waals surface area (Å²) < 4.78 is 27.4. The van der Waals surface area contributed by atoms with Crippen molar-refractivity contribution < 1.29 is 18.1 Å². The van der Waals surface area contributed by atoms with Crippen LogP contribution in [-0.4, -0.2) is 19.4 Å². The molecule has 0 heterocycles. The molecule has 0 bridgehead atoms. The Kier molecular flexibility index (Phi) is 6.64. The van der Waals surface area contributed by atoms with Gasteiger partial charge in [-0.3, -0.25) is 14.8 Å². The minimum absolute atomic E-state index is 0.0279. The Morgan fingerprint density at radius 3 is 1.84 bits per heavy atom. The minimum atomic E-state index is -3.88. The van der Waals surface area contributed by atoms with Crippen LogP contribution in [-0.2, 0) is 10.0 Å². The Hall–Kier alpha value is -3.34. The summed E-state index contributed by atoms with van der Waals surface area (Å²) in [6.07, 6.45) is 0. The van der Waals surface area contributed by atoms with E-state index in [0.29, 0.717) is 16.4 Å². The van der Waals surface area contributed by atoms with Crippen molar-refractivity contribution in [2.45, 2.75) is 4.90 Å². The molecular formula is C19H14Cl2N4O5S. The number of hydrogen-bond acceptors (Lipinski definition) is 5. The Morgan fingerprint density at radius 2 is 1.32 bits per heavy atom. The topological polar surface area (TPSA) is 130 Å². The van der Waals surface area contributed by atoms with E-state index >= 15 is 0 Å². The third kappa shape index (κ3) is 5.85. The molecule has 0 spiro atoms. The number of carbonyl (C=O) groups is 1. The van der Waals surface area contributed by atoms with Gasteiger partial charge in [0.1, 0.15) is 0 Å². The molecule has 0 atom stereocenters. The molecule has 0 unspecified atom stereocenters. The van der Waals surface area contributed by atoms with Crippen molar-refractivity contribution in [3.8, 4) is 0 Å². The van der Waals surface area contributed by atoms with Gasteiger partial charge in [-0.2, -0.15) is 0 Å². The average molecular weight is 481 g/mol. The van der Waals surface area contributed by atoms with Gasteiger partial charge in [0.05, 0.1) is 25.6 Å². The molecule has 0 aromatic heterocycles. The summed E-state index contributed by atoms with van der Waals surface area (Å²) in [6.45, 7) is 0. The number of amides is 2. The molecule has 3 N–H and O–H groups in total. The van der Waals surface area contributed by atoms with E-state index in [1.807, 2.05) is 0 Å². The molecule has 160 valence electrons. The standard InChI is InChI=1S/C19H14Cl2N4O5S/c20-17-10-5-14(11-18(17)21)24-31(29,30)16-8-3-13(4-9-16)23-19(26)22-12-1-6-15(7-2-12)25(27)28/h1-11,24H,(H2,22,23,26). The van der Waals surface area contributed by atoms with Crippen molar-refractivity contribution in [2.75, 3.05) is 15.4 Å². The summed E-state index contributed by atoms with van der Waals surface area (Å²) in [5.74, 6) is 0. The first-order chi connectivity index (χ1) is 14.6. The van der Waals surface area contributed by atoms with E-state index in [4.69, 9.17) is 23.2 Å². The van der Waals surface area contributed by atoms with Crippen molar-refractivity contribution in [2.24, 2.45) is 0 Å². The largest absolute Gasteiger partial charge is 0.323 e. The van der Waals surface area contributed by atoms with Gasteiger partial charge >= 0.3 is 6.03 Å². The van der Waals surface area contributed by atoms with Gasteiger partial charge in [0.2, 0.25) is 0 Å². The van der Waals surface area contributed by atoms with Crippen molar-refractivity contribution in [1.29, 1.82) is 0 Å². The molecule has 9 nitrogen and oxygen atoms in total. The molecule has 3 aromatic carbocycles. The number of rotatable bonds is 6. The third-order valence-corrected chi connectivity index (χ3v) is 6.07. The summed E-state index contributed by atoms with van der Waals surface area (Å²) in [5.41, 5.74) is 0.845. The SMILES string of the molecule is O=C(Nc1ccc([N+](=O)[O-])cc1)Nc1ccc(S(=O)(=O)Nc2ccc(Cl)c(Cl)c2)cc1. The number of anilines is 3. The number of carbonyl (C=O) groups excluding carboxylic acids is 1. The zero-order valence-corrected chi connectivity index (χ0v) is 17.8. The molecule has 0 saturated heterocycles. The Bertz CT molecular complexity index is 1230. The van der Waals surface area contributed by atoms with Crippen LogP contribution in [0.3, 0.4) is 0 Å². The van der Waals surface area contributed by atoms with E-state index < -0.39 is 21.0 Å². The number of benzene rings is 3. The van der Waals surface area contributed by atoms with Crippen molar-refractivity contribution >= 4 is 62.0 Å². The summed E-state index contributed by atoms with van der Waals surface area (Å²) in [7, 11) is -3.88. The van der Waals surface area contributed by atoms with E-state index in [9.17, 15) is 23.3 Å². The quantitative estimate of drug-likeness (QED) is 0.323. The first-order valence-corrected chi connectivity index (χ1v) is 10.8. The van der Waals surface area contributed by atoms with Gasteiger partial charge in [-0.1, -0.05) is 23.2 Å². The minimum Gasteiger partial charge on any atom is -0.308 e. The van der Waals surface area contributed by atoms with Gasteiger partial charge < -0.3 is 10.6 Å². The number of nitrogens with one attached hydrogen (secondary N) is 3. The normalized spacial score (nSPS) is 10.9. The van der Waals surface area contributed by atoms with E-state index in [-0.39, 0.29) is 21.3 Å². The van der Waals surface area contributed by atoms with E-state index in [0.717, 1.165) is 0 Å². The second-order valence-corrected chi connectivity index (χ2v) is 8.64. The highest BCUT2D eigenvalue weighted by Crippen LogP contribution is 2.27. The zero-order chi connectivity index (χ0) is 22.6. The molecule has 0 saturated carbocycles. The van der Waals surface area contributed by atoms with Crippen LogP contribution < -0.4 is 15.4 Å². The number of nitrogens with zero attached hydrogens (tertiary/aromatic N) is 1. The second kappa shape index (κ2) is 9.21. The predicted octanol–water partition coefficient (Wildman–Crippen LogP) is 5.35. The highest BCUT2D eigenvalue weighted by molar-refractivity contribution is 7.92. The lowest BCUT2D eigenvalue weighted by Gasteiger charge is -2.11. The maximum Gasteiger partial charge on any atom is 0.323 e. The summed E-state index contributed by atoms with van der Waals surface area (Å²) in [4.78, 5) is 22.2. The van der Waals surface area contributed by atoms with Crippen molar-refractivity contribution in [3.05, 3.63) is 86.9 Å². The van der Waals surface area contributed by atoms with Crippen molar-refractivity contribution in [1.82, 2.24) is 0 Å². The first kappa shape index (κ1) is 22.3. The van der Waals surface area contributed by atoms with Crippen LogP contribution in [0.2, 0.25) is 10.0 Å². The monoisotopic (exact) mass is 480 g/mol. The number of hydrogen-bond donors (Lipinski definition) is 3. The number of halogens is 2. The van der Waals surface area contributed by atoms with E-state index in [1.54, 1.807) is 0 Å². The third-order valence-electron chi connectivity index (χ3n) is 3.93. The number of nitro benzene ring substituents is 1. The number of non-ortho nitro benzene ring substituents is 1. The molecular weight excluding hydrogens is 467 g/mol. The van der Waals surface area contributed by atoms with Crippen LogP contribution in [0.15, 0.2) is 71.6 Å². The maximum absolute atomic E-state index is 12.5. The molecule has 0 aliphatic rings. The van der Waals surface area contributed by atoms with Gasteiger partial charge in [-0.15, -0.1) is 0 Å². The average Bonchev–Trinajstić information content (AvgIpc) is 2.71. The number of nitro groups is 1. The highest BCUT2D eigenvalue weighted by Gasteiger charge is 2.15. The number of sulfonamides is 1. The highest BCUT2D eigenvalue weighted by atomic mass is 35.5. The van der Waals surface area contributed by atoms with Crippen LogP contribution in [0, 0.1) is 10.1 Å². The van der Waals surface area contributed by atoms with Crippen LogP contribution in [0.25, 0.3) is 0 Å². The summed E-state index contributed by atoms with van der Waals surface area (Å²) in [5, 5.41) is 16.2. The Labute approximate surface area is 187 Å². The van der Waals surface area contributed by atoms with Crippen molar-refractivity contribution in [3.63, 3.8) is 0 Å². The molecule has 3 aromatic rings. The Morgan fingerprint density at radius 1 is 0.806 bits per heavy atom. The molecule has 12 heteroatoms. The molecule has 31 heavy (non-hydrogen) atoms. The maximum atomic E-state index is 12.5. The van der Waals surface area contributed by atoms with Crippen LogP contribution in [0.1, 0.15) is 0 Å². The lowest BCUT2D eigenvalue weighted by molar-refractivity contribution is -0.384. The smallest absolute Gasteiger partial charge is 0.308 e. The van der Waals surface area contributed by atoms with Gasteiger partial charge in [0.15, 0.2) is 0 Å². The van der Waals surface area contributed by atoms with Crippen LogP contribution >= 0.6 is 23.2 Å². The fourth-order valence-electron chi connectivity index (χ4n) is 2.45. The fraction of sp³-hybridized carbons (Fsp3) is 0. The molecule has 0 radical (unpaired) electrons. The molecule has 3 rings (SSSR count). The van der Waals surface area contributed by atoms with Crippen LogP contribution in [0.4, 0.5) is 27.5 Å². The van der Waals surface area contributed by atoms with E-state index in [1.165, 1.54) is 66.7 Å². The van der Waals surface area contributed by atoms with E-state index in [2.05, 4.69) is 15.4 Å².